The van der Waals surface area contributed by atoms with Crippen LogP contribution in [0.2, 0.25) is 0 Å². The minimum absolute atomic E-state index is 0.320. The number of amides is 1. The summed E-state index contributed by atoms with van der Waals surface area (Å²) in [4.78, 5) is 18.1. The molecule has 0 saturated carbocycles. The number of rotatable bonds is 1. The summed E-state index contributed by atoms with van der Waals surface area (Å²) in [6, 6.07) is 1.79. The lowest BCUT2D eigenvalue weighted by Crippen LogP contribution is -2.29. The Morgan fingerprint density at radius 1 is 1.62 bits per heavy atom. The quantitative estimate of drug-likeness (QED) is 0.329. The number of carbonyl (C=O) groups is 1. The maximum atomic E-state index is 11.2. The van der Waals surface area contributed by atoms with Crippen LogP contribution >= 0.6 is 0 Å². The molecule has 0 aliphatic heterocycles. The van der Waals surface area contributed by atoms with Crippen molar-refractivity contribution in [3.05, 3.63) is 30.2 Å². The lowest BCUT2D eigenvalue weighted by atomic mass is 10.2. The topological polar surface area (TPSA) is 83.8 Å². The van der Waals surface area contributed by atoms with E-state index in [1.165, 1.54) is 0 Å². The predicted molar refractivity (Wildman–Crippen MR) is 47.7 cm³/mol. The van der Waals surface area contributed by atoms with E-state index in [4.69, 9.17) is 5.84 Å². The van der Waals surface area contributed by atoms with E-state index in [1.807, 2.05) is 0 Å². The van der Waals surface area contributed by atoms with Gasteiger partial charge in [-0.2, -0.15) is 0 Å². The van der Waals surface area contributed by atoms with Crippen LogP contribution in [0, 0.1) is 0 Å². The smallest absolute Gasteiger partial charge is 0.267 e. The summed E-state index contributed by atoms with van der Waals surface area (Å²) in [6.07, 6.45) is 4.88. The van der Waals surface area contributed by atoms with Gasteiger partial charge in [0.2, 0.25) is 0 Å². The van der Waals surface area contributed by atoms with Crippen molar-refractivity contribution in [1.82, 2.24) is 15.4 Å². The summed E-state index contributed by atoms with van der Waals surface area (Å²) in [6.45, 7) is 0. The monoisotopic (exact) mass is 176 g/mol. The molecule has 2 rings (SSSR count). The first-order chi connectivity index (χ1) is 6.33. The highest BCUT2D eigenvalue weighted by Crippen LogP contribution is 2.15. The molecular formula is C8H8N4O. The molecule has 0 aliphatic rings. The van der Waals surface area contributed by atoms with Crippen LogP contribution in [0.1, 0.15) is 10.4 Å². The second-order valence-electron chi connectivity index (χ2n) is 2.60. The van der Waals surface area contributed by atoms with Crippen LogP contribution in [0.3, 0.4) is 0 Å². The number of hydrazine groups is 1. The molecule has 13 heavy (non-hydrogen) atoms. The molecule has 0 aliphatic carbocycles. The number of hydrogen-bond donors (Lipinski definition) is 3. The standard InChI is InChI=1S/C8H8N4O/c9-12-8(13)6-4-11-7-1-2-10-3-5(6)7/h1-4,11H,9H2,(H,12,13). The van der Waals surface area contributed by atoms with E-state index in [9.17, 15) is 4.79 Å². The van der Waals surface area contributed by atoms with Gasteiger partial charge in [-0.15, -0.1) is 0 Å². The zero-order chi connectivity index (χ0) is 9.26. The summed E-state index contributed by atoms with van der Waals surface area (Å²) < 4.78 is 0. The third kappa shape index (κ3) is 1.15. The van der Waals surface area contributed by atoms with E-state index in [0.717, 1.165) is 10.9 Å². The van der Waals surface area contributed by atoms with E-state index in [1.54, 1.807) is 24.7 Å². The lowest BCUT2D eigenvalue weighted by molar-refractivity contribution is 0.0955. The SMILES string of the molecule is NNC(=O)c1c[nH]c2ccncc12. The zero-order valence-electron chi connectivity index (χ0n) is 6.74. The van der Waals surface area contributed by atoms with E-state index in [0.29, 0.717) is 5.56 Å². The molecule has 4 N–H and O–H groups in total. The molecule has 0 radical (unpaired) electrons. The molecule has 0 atom stereocenters. The fourth-order valence-electron chi connectivity index (χ4n) is 1.23. The van der Waals surface area contributed by atoms with Crippen LogP contribution in [0.15, 0.2) is 24.7 Å². The van der Waals surface area contributed by atoms with Crippen molar-refractivity contribution in [2.24, 2.45) is 5.84 Å². The molecule has 0 unspecified atom stereocenters. The van der Waals surface area contributed by atoms with Crippen LogP contribution < -0.4 is 11.3 Å². The number of pyridine rings is 1. The van der Waals surface area contributed by atoms with Gasteiger partial charge in [0.15, 0.2) is 0 Å². The van der Waals surface area contributed by atoms with Gasteiger partial charge in [0.25, 0.3) is 5.91 Å². The Bertz CT molecular complexity index is 448. The van der Waals surface area contributed by atoms with Crippen molar-refractivity contribution in [2.45, 2.75) is 0 Å². The van der Waals surface area contributed by atoms with Crippen molar-refractivity contribution in [3.63, 3.8) is 0 Å². The van der Waals surface area contributed by atoms with Crippen molar-refractivity contribution < 1.29 is 4.79 Å². The first-order valence-electron chi connectivity index (χ1n) is 3.75. The predicted octanol–water partition coefficient (Wildman–Crippen LogP) is 0.166. The Morgan fingerprint density at radius 2 is 2.46 bits per heavy atom. The molecule has 2 aromatic rings. The minimum atomic E-state index is -0.320. The van der Waals surface area contributed by atoms with Crippen LogP contribution in [0.5, 0.6) is 0 Å². The van der Waals surface area contributed by atoms with Crippen LogP contribution in [0.25, 0.3) is 10.9 Å². The van der Waals surface area contributed by atoms with Crippen molar-refractivity contribution in [1.29, 1.82) is 0 Å². The molecular weight excluding hydrogens is 168 g/mol. The highest BCUT2D eigenvalue weighted by atomic mass is 16.2. The van der Waals surface area contributed by atoms with Gasteiger partial charge in [0, 0.05) is 29.5 Å². The third-order valence-electron chi connectivity index (χ3n) is 1.86. The summed E-state index contributed by atoms with van der Waals surface area (Å²) in [7, 11) is 0. The number of H-pyrrole nitrogens is 1. The van der Waals surface area contributed by atoms with Crippen molar-refractivity contribution in [3.8, 4) is 0 Å². The highest BCUT2D eigenvalue weighted by Gasteiger charge is 2.09. The zero-order valence-corrected chi connectivity index (χ0v) is 6.74. The van der Waals surface area contributed by atoms with E-state index >= 15 is 0 Å². The number of nitrogen functional groups attached to an aromatic ring is 1. The molecule has 1 amide bonds. The average Bonchev–Trinajstić information content (AvgIpc) is 2.60. The molecule has 0 spiro atoms. The van der Waals surface area contributed by atoms with Gasteiger partial charge in [-0.3, -0.25) is 15.2 Å². The van der Waals surface area contributed by atoms with Gasteiger partial charge in [-0.05, 0) is 6.07 Å². The average molecular weight is 176 g/mol. The van der Waals surface area contributed by atoms with Crippen molar-refractivity contribution >= 4 is 16.8 Å². The highest BCUT2D eigenvalue weighted by molar-refractivity contribution is 6.06. The summed E-state index contributed by atoms with van der Waals surface area (Å²) in [5.74, 6) is 4.70. The number of nitrogens with zero attached hydrogens (tertiary/aromatic N) is 1. The number of hydrogen-bond acceptors (Lipinski definition) is 3. The molecule has 5 heteroatoms. The second-order valence-corrected chi connectivity index (χ2v) is 2.60. The van der Waals surface area contributed by atoms with E-state index in [2.05, 4.69) is 15.4 Å². The fourth-order valence-corrected chi connectivity index (χ4v) is 1.23. The first-order valence-corrected chi connectivity index (χ1v) is 3.75. The number of aromatic nitrogens is 2. The van der Waals surface area contributed by atoms with Crippen LogP contribution in [-0.2, 0) is 0 Å². The van der Waals surface area contributed by atoms with Gasteiger partial charge >= 0.3 is 0 Å². The van der Waals surface area contributed by atoms with E-state index in [-0.39, 0.29) is 5.91 Å². The number of nitrogens with one attached hydrogen (secondary N) is 2. The number of fused-ring (bicyclic) bond motifs is 1. The first kappa shape index (κ1) is 7.75. The largest absolute Gasteiger partial charge is 0.360 e. The summed E-state index contributed by atoms with van der Waals surface area (Å²) in [5, 5.41) is 0.769. The maximum Gasteiger partial charge on any atom is 0.267 e. The number of nitrogens with two attached hydrogens (primary N) is 1. The Kier molecular flexibility index (Phi) is 1.71. The van der Waals surface area contributed by atoms with Crippen LogP contribution in [-0.4, -0.2) is 15.9 Å². The molecule has 66 valence electrons. The normalized spacial score (nSPS) is 10.2. The molecule has 0 saturated heterocycles. The third-order valence-corrected chi connectivity index (χ3v) is 1.86. The van der Waals surface area contributed by atoms with Gasteiger partial charge in [-0.25, -0.2) is 5.84 Å². The van der Waals surface area contributed by atoms with Gasteiger partial charge < -0.3 is 4.98 Å². The molecule has 0 bridgehead atoms. The maximum absolute atomic E-state index is 11.2. The molecule has 5 nitrogen and oxygen atoms in total. The number of aromatic amines is 1. The number of carbonyl (C=O) groups excluding carboxylic acids is 1. The van der Waals surface area contributed by atoms with Gasteiger partial charge in [-0.1, -0.05) is 0 Å². The Hall–Kier alpha value is -1.88. The Morgan fingerprint density at radius 3 is 3.23 bits per heavy atom. The molecule has 2 aromatic heterocycles. The fraction of sp³-hybridized carbons (Fsp3) is 0. The van der Waals surface area contributed by atoms with Crippen molar-refractivity contribution in [2.75, 3.05) is 0 Å². The van der Waals surface area contributed by atoms with Gasteiger partial charge in [0.1, 0.15) is 0 Å². The Labute approximate surface area is 73.9 Å². The molecule has 0 fully saturated rings. The second kappa shape index (κ2) is 2.87. The van der Waals surface area contributed by atoms with Crippen LogP contribution in [0.4, 0.5) is 0 Å². The minimum Gasteiger partial charge on any atom is -0.360 e. The lowest BCUT2D eigenvalue weighted by Gasteiger charge is -1.95. The molecule has 2 heterocycles. The summed E-state index contributed by atoms with van der Waals surface area (Å²) >= 11 is 0. The van der Waals surface area contributed by atoms with Gasteiger partial charge in [0.05, 0.1) is 5.56 Å². The Balaban J connectivity index is 2.64. The van der Waals surface area contributed by atoms with E-state index < -0.39 is 0 Å². The summed E-state index contributed by atoms with van der Waals surface area (Å²) in [5.41, 5.74) is 3.45. The molecule has 0 aromatic carbocycles.